The summed E-state index contributed by atoms with van der Waals surface area (Å²) in [6.45, 7) is 4.51. The van der Waals surface area contributed by atoms with Crippen LogP contribution in [0.1, 0.15) is 60.5 Å². The van der Waals surface area contributed by atoms with Crippen molar-refractivity contribution in [2.75, 3.05) is 48.1 Å². The summed E-state index contributed by atoms with van der Waals surface area (Å²) in [7, 11) is 6.72. The zero-order valence-electron chi connectivity index (χ0n) is 22.3. The minimum Gasteiger partial charge on any atom is -0.632 e. The quantitative estimate of drug-likeness (QED) is 0.432. The lowest BCUT2D eigenvalue weighted by atomic mass is 9.72. The van der Waals surface area contributed by atoms with Crippen LogP contribution in [0.2, 0.25) is 0 Å². The Morgan fingerprint density at radius 3 is 2.03 bits per heavy atom. The molecular formula is C29H40N2O5. The van der Waals surface area contributed by atoms with Gasteiger partial charge in [0.2, 0.25) is 0 Å². The third-order valence-electron chi connectivity index (χ3n) is 8.94. The van der Waals surface area contributed by atoms with Crippen LogP contribution in [0, 0.1) is 17.0 Å². The Morgan fingerprint density at radius 1 is 0.833 bits per heavy atom. The van der Waals surface area contributed by atoms with Crippen LogP contribution < -0.4 is 24.3 Å². The average Bonchev–Trinajstić information content (AvgIpc) is 2.91. The summed E-state index contributed by atoms with van der Waals surface area (Å²) in [6, 6.07) is 8.61. The van der Waals surface area contributed by atoms with Gasteiger partial charge in [0.05, 0.1) is 41.5 Å². The molecule has 196 valence electrons. The number of methoxy groups -OCH3 is 4. The number of hydrogen-bond donors (Lipinski definition) is 1. The number of hydrogen-bond acceptors (Lipinski definition) is 6. The van der Waals surface area contributed by atoms with Crippen LogP contribution in [0.3, 0.4) is 0 Å². The van der Waals surface area contributed by atoms with Gasteiger partial charge in [-0.3, -0.25) is 0 Å². The van der Waals surface area contributed by atoms with Crippen molar-refractivity contribution in [3.05, 3.63) is 51.7 Å². The number of quaternary nitrogens is 1. The van der Waals surface area contributed by atoms with E-state index in [1.54, 1.807) is 28.4 Å². The number of piperidine rings is 1. The maximum atomic E-state index is 14.2. The molecule has 1 fully saturated rings. The van der Waals surface area contributed by atoms with Crippen molar-refractivity contribution < 1.29 is 23.6 Å². The van der Waals surface area contributed by atoms with Crippen LogP contribution in [0.25, 0.3) is 0 Å². The van der Waals surface area contributed by atoms with E-state index in [0.29, 0.717) is 30.7 Å². The summed E-state index contributed by atoms with van der Waals surface area (Å²) in [5.74, 6) is 3.88. The summed E-state index contributed by atoms with van der Waals surface area (Å²) in [6.07, 6.45) is 4.71. The van der Waals surface area contributed by atoms with E-state index in [9.17, 15) is 5.21 Å². The zero-order chi connectivity index (χ0) is 25.4. The van der Waals surface area contributed by atoms with Gasteiger partial charge < -0.3 is 34.1 Å². The molecule has 0 spiro atoms. The monoisotopic (exact) mass is 496 g/mol. The maximum Gasteiger partial charge on any atom is 0.161 e. The fourth-order valence-corrected chi connectivity index (χ4v) is 6.98. The maximum absolute atomic E-state index is 14.2. The second-order valence-electron chi connectivity index (χ2n) is 10.6. The van der Waals surface area contributed by atoms with Gasteiger partial charge in [-0.15, -0.1) is 0 Å². The molecule has 0 bridgehead atoms. The first-order chi connectivity index (χ1) is 17.4. The predicted molar refractivity (Wildman–Crippen MR) is 140 cm³/mol. The van der Waals surface area contributed by atoms with Gasteiger partial charge >= 0.3 is 0 Å². The molecule has 5 rings (SSSR count). The third kappa shape index (κ3) is 4.31. The third-order valence-corrected chi connectivity index (χ3v) is 8.94. The number of benzene rings is 2. The van der Waals surface area contributed by atoms with Gasteiger partial charge in [-0.2, -0.15) is 0 Å². The number of fused-ring (bicyclic) bond motifs is 4. The highest BCUT2D eigenvalue weighted by Crippen LogP contribution is 2.51. The van der Waals surface area contributed by atoms with Gasteiger partial charge in [-0.05, 0) is 72.7 Å². The van der Waals surface area contributed by atoms with Crippen LogP contribution in [-0.2, 0) is 12.8 Å². The Labute approximate surface area is 214 Å². The van der Waals surface area contributed by atoms with Gasteiger partial charge in [0.15, 0.2) is 23.0 Å². The van der Waals surface area contributed by atoms with E-state index < -0.39 is 0 Å². The number of rotatable bonds is 7. The van der Waals surface area contributed by atoms with Gasteiger partial charge in [0.1, 0.15) is 6.04 Å². The molecule has 0 aliphatic carbocycles. The molecule has 3 heterocycles. The van der Waals surface area contributed by atoms with Crippen molar-refractivity contribution in [3.8, 4) is 23.0 Å². The number of ether oxygens (including phenoxy) is 4. The molecule has 0 amide bonds. The van der Waals surface area contributed by atoms with Crippen molar-refractivity contribution in [1.29, 1.82) is 0 Å². The Hall–Kier alpha value is -2.48. The van der Waals surface area contributed by atoms with E-state index in [-0.39, 0.29) is 16.7 Å². The predicted octanol–water partition coefficient (Wildman–Crippen LogP) is 4.96. The van der Waals surface area contributed by atoms with E-state index in [0.717, 1.165) is 61.5 Å². The van der Waals surface area contributed by atoms with Gasteiger partial charge in [0, 0.05) is 30.4 Å². The highest BCUT2D eigenvalue weighted by molar-refractivity contribution is 5.50. The summed E-state index contributed by atoms with van der Waals surface area (Å²) in [5, 5.41) is 18.0. The molecule has 7 nitrogen and oxygen atoms in total. The number of nitrogens with one attached hydrogen (secondary N) is 1. The molecule has 1 saturated heterocycles. The van der Waals surface area contributed by atoms with Crippen molar-refractivity contribution in [3.63, 3.8) is 0 Å². The first-order valence-corrected chi connectivity index (χ1v) is 13.2. The average molecular weight is 497 g/mol. The molecule has 36 heavy (non-hydrogen) atoms. The van der Waals surface area contributed by atoms with Crippen molar-refractivity contribution in [2.24, 2.45) is 11.8 Å². The van der Waals surface area contributed by atoms with Crippen LogP contribution >= 0.6 is 0 Å². The highest BCUT2D eigenvalue weighted by Gasteiger charge is 2.46. The zero-order valence-corrected chi connectivity index (χ0v) is 22.3. The second kappa shape index (κ2) is 10.1. The van der Waals surface area contributed by atoms with Gasteiger partial charge in [-0.25, -0.2) is 0 Å². The van der Waals surface area contributed by atoms with E-state index in [4.69, 9.17) is 18.9 Å². The topological polar surface area (TPSA) is 72.0 Å². The molecule has 2 aromatic carbocycles. The van der Waals surface area contributed by atoms with Crippen LogP contribution in [0.15, 0.2) is 24.3 Å². The van der Waals surface area contributed by atoms with E-state index in [2.05, 4.69) is 36.5 Å². The van der Waals surface area contributed by atoms with E-state index >= 15 is 0 Å². The molecule has 3 aliphatic rings. The molecule has 5 atom stereocenters. The molecule has 2 aromatic rings. The van der Waals surface area contributed by atoms with E-state index in [1.807, 2.05) is 0 Å². The molecule has 0 aromatic heterocycles. The molecule has 0 unspecified atom stereocenters. The van der Waals surface area contributed by atoms with Crippen LogP contribution in [-0.4, -0.2) is 52.7 Å². The molecule has 3 aliphatic heterocycles. The van der Waals surface area contributed by atoms with Crippen molar-refractivity contribution >= 4 is 0 Å². The number of hydroxylamine groups is 3. The minimum atomic E-state index is -0.114. The number of nitrogens with zero attached hydrogens (tertiary/aromatic N) is 1. The largest absolute Gasteiger partial charge is 0.632 e. The Balaban J connectivity index is 1.46. The molecular weight excluding hydrogens is 456 g/mol. The first-order valence-electron chi connectivity index (χ1n) is 13.2. The Bertz CT molecular complexity index is 1110. The first kappa shape index (κ1) is 25.2. The lowest BCUT2D eigenvalue weighted by Crippen LogP contribution is -2.57. The van der Waals surface area contributed by atoms with E-state index in [1.165, 1.54) is 16.7 Å². The fourth-order valence-electron chi connectivity index (χ4n) is 6.98. The Kier molecular flexibility index (Phi) is 7.07. The molecule has 0 saturated carbocycles. The summed E-state index contributed by atoms with van der Waals surface area (Å²) in [5.41, 5.74) is 5.01. The summed E-state index contributed by atoms with van der Waals surface area (Å²) < 4.78 is 22.2. The molecule has 7 heteroatoms. The van der Waals surface area contributed by atoms with Gasteiger partial charge in [0.25, 0.3) is 0 Å². The molecule has 1 N–H and O–H groups in total. The smallest absolute Gasteiger partial charge is 0.161 e. The second-order valence-corrected chi connectivity index (χ2v) is 10.6. The summed E-state index contributed by atoms with van der Waals surface area (Å²) in [4.78, 5) is 0. The normalized spacial score (nSPS) is 28.9. The van der Waals surface area contributed by atoms with Crippen molar-refractivity contribution in [2.45, 2.75) is 51.1 Å². The standard InChI is InChI=1S/C29H40N2O5/c1-6-18-17-31(32)10-8-20-14-27(34-3)29(36-5)16-23(20)25(31)12-21(18)11-24-22-15-28(35-4)26(33-2)13-19(22)7-9-30-24/h13-16,18,21,24-25,30H,6-12,17H2,1-5H3/t18-,21-,24+,25+,31-/m1/s1. The minimum absolute atomic E-state index is 0.0604. The Morgan fingerprint density at radius 2 is 1.42 bits per heavy atom. The lowest BCUT2D eigenvalue weighted by Gasteiger charge is -2.58. The molecule has 0 radical (unpaired) electrons. The highest BCUT2D eigenvalue weighted by atomic mass is 16.5. The van der Waals surface area contributed by atoms with Crippen LogP contribution in [0.4, 0.5) is 0 Å². The summed E-state index contributed by atoms with van der Waals surface area (Å²) >= 11 is 0. The SMILES string of the molecule is CC[C@@H]1C[N@+]2([O-])CCc3cc(OC)c(OC)cc3[C@@H]2C[C@H]1C[C@@H]1NCCc2cc(OC)c(OC)cc21. The van der Waals surface area contributed by atoms with Crippen molar-refractivity contribution in [1.82, 2.24) is 5.32 Å². The van der Waals surface area contributed by atoms with Crippen LogP contribution in [0.5, 0.6) is 23.0 Å². The fraction of sp³-hybridized carbons (Fsp3) is 0.586. The van der Waals surface area contributed by atoms with Gasteiger partial charge in [-0.1, -0.05) is 6.92 Å². The lowest BCUT2D eigenvalue weighted by molar-refractivity contribution is -0.924.